The van der Waals surface area contributed by atoms with E-state index >= 15 is 0 Å². The zero-order chi connectivity index (χ0) is 19.5. The topological polar surface area (TPSA) is 71.3 Å². The fourth-order valence-corrected chi connectivity index (χ4v) is 3.59. The normalized spacial score (nSPS) is 12.9. The molecule has 0 radical (unpaired) electrons. The summed E-state index contributed by atoms with van der Waals surface area (Å²) in [6.07, 6.45) is 5.90. The standard InChI is InChI=1S/C22H19ClN2O3/c23-18-13-17(9-10-19(18)25-22(27)20-6-3-11-28-20)24-21(26)16-8-7-14-4-1-2-5-15(14)12-16/h3,6-13H,1-2,4-5H2,(H,24,26)(H,25,27). The number of halogens is 1. The van der Waals surface area contributed by atoms with Gasteiger partial charge in [0.05, 0.1) is 17.0 Å². The van der Waals surface area contributed by atoms with Gasteiger partial charge in [-0.3, -0.25) is 9.59 Å². The van der Waals surface area contributed by atoms with E-state index in [1.165, 1.54) is 30.2 Å². The molecule has 0 saturated heterocycles. The van der Waals surface area contributed by atoms with Crippen molar-refractivity contribution in [3.05, 3.63) is 82.3 Å². The molecule has 142 valence electrons. The van der Waals surface area contributed by atoms with Gasteiger partial charge < -0.3 is 15.1 Å². The van der Waals surface area contributed by atoms with Crippen LogP contribution >= 0.6 is 11.6 Å². The highest BCUT2D eigenvalue weighted by Gasteiger charge is 2.15. The minimum Gasteiger partial charge on any atom is -0.459 e. The molecule has 1 heterocycles. The molecule has 1 aliphatic carbocycles. The number of anilines is 2. The van der Waals surface area contributed by atoms with E-state index in [1.54, 1.807) is 30.3 Å². The summed E-state index contributed by atoms with van der Waals surface area (Å²) in [5.41, 5.74) is 4.22. The molecule has 0 fully saturated rings. The number of benzene rings is 2. The van der Waals surface area contributed by atoms with Crippen LogP contribution in [0.15, 0.2) is 59.2 Å². The number of aryl methyl sites for hydroxylation is 2. The summed E-state index contributed by atoms with van der Waals surface area (Å²) < 4.78 is 5.06. The highest BCUT2D eigenvalue weighted by atomic mass is 35.5. The molecule has 0 spiro atoms. The van der Waals surface area contributed by atoms with Crippen LogP contribution in [0.3, 0.4) is 0 Å². The first kappa shape index (κ1) is 18.3. The average molecular weight is 395 g/mol. The summed E-state index contributed by atoms with van der Waals surface area (Å²) in [6, 6.07) is 14.0. The van der Waals surface area contributed by atoms with Crippen LogP contribution in [0.2, 0.25) is 5.02 Å². The van der Waals surface area contributed by atoms with E-state index in [4.69, 9.17) is 16.0 Å². The molecular weight excluding hydrogens is 376 g/mol. The Balaban J connectivity index is 1.45. The quantitative estimate of drug-likeness (QED) is 0.629. The second kappa shape index (κ2) is 7.90. The van der Waals surface area contributed by atoms with Crippen molar-refractivity contribution < 1.29 is 14.0 Å². The maximum absolute atomic E-state index is 12.6. The van der Waals surface area contributed by atoms with E-state index in [0.29, 0.717) is 22.0 Å². The molecule has 28 heavy (non-hydrogen) atoms. The van der Waals surface area contributed by atoms with E-state index < -0.39 is 5.91 Å². The number of amides is 2. The molecule has 6 heteroatoms. The first-order valence-electron chi connectivity index (χ1n) is 9.18. The number of carbonyl (C=O) groups is 2. The van der Waals surface area contributed by atoms with Crippen molar-refractivity contribution in [1.29, 1.82) is 0 Å². The van der Waals surface area contributed by atoms with Gasteiger partial charge in [-0.25, -0.2) is 0 Å². The Morgan fingerprint density at radius 1 is 0.893 bits per heavy atom. The maximum atomic E-state index is 12.6. The lowest BCUT2D eigenvalue weighted by molar-refractivity contribution is 0.0994. The number of furan rings is 1. The average Bonchev–Trinajstić information content (AvgIpc) is 3.24. The molecule has 5 nitrogen and oxygen atoms in total. The van der Waals surface area contributed by atoms with Crippen LogP contribution in [-0.2, 0) is 12.8 Å². The van der Waals surface area contributed by atoms with Gasteiger partial charge >= 0.3 is 0 Å². The monoisotopic (exact) mass is 394 g/mol. The largest absolute Gasteiger partial charge is 0.459 e. The van der Waals surface area contributed by atoms with Gasteiger partial charge in [0.15, 0.2) is 5.76 Å². The van der Waals surface area contributed by atoms with Crippen molar-refractivity contribution in [2.24, 2.45) is 0 Å². The third kappa shape index (κ3) is 3.94. The molecule has 0 unspecified atom stereocenters. The number of fused-ring (bicyclic) bond motifs is 1. The summed E-state index contributed by atoms with van der Waals surface area (Å²) in [4.78, 5) is 24.7. The molecule has 4 rings (SSSR count). The van der Waals surface area contributed by atoms with Gasteiger partial charge in [0.1, 0.15) is 0 Å². The fraction of sp³-hybridized carbons (Fsp3) is 0.182. The van der Waals surface area contributed by atoms with Gasteiger partial charge in [-0.05, 0) is 79.3 Å². The minimum atomic E-state index is -0.391. The second-order valence-electron chi connectivity index (χ2n) is 6.77. The first-order chi connectivity index (χ1) is 13.6. The Morgan fingerprint density at radius 2 is 1.71 bits per heavy atom. The Bertz CT molecular complexity index is 1030. The van der Waals surface area contributed by atoms with Gasteiger partial charge in [0.2, 0.25) is 0 Å². The third-order valence-electron chi connectivity index (χ3n) is 4.83. The van der Waals surface area contributed by atoms with Crippen molar-refractivity contribution in [1.82, 2.24) is 0 Å². The number of hydrogen-bond donors (Lipinski definition) is 2. The minimum absolute atomic E-state index is 0.184. The van der Waals surface area contributed by atoms with Crippen LogP contribution in [0.5, 0.6) is 0 Å². The Morgan fingerprint density at radius 3 is 2.46 bits per heavy atom. The molecule has 2 amide bonds. The molecule has 3 aromatic rings. The first-order valence-corrected chi connectivity index (χ1v) is 9.55. The van der Waals surface area contributed by atoms with Gasteiger partial charge in [-0.2, -0.15) is 0 Å². The van der Waals surface area contributed by atoms with Crippen molar-refractivity contribution in [3.8, 4) is 0 Å². The Kier molecular flexibility index (Phi) is 5.17. The number of nitrogens with one attached hydrogen (secondary N) is 2. The van der Waals surface area contributed by atoms with Crippen molar-refractivity contribution in [2.75, 3.05) is 10.6 Å². The lowest BCUT2D eigenvalue weighted by atomic mass is 9.90. The molecular formula is C22H19ClN2O3. The van der Waals surface area contributed by atoms with Gasteiger partial charge in [0.25, 0.3) is 11.8 Å². The lowest BCUT2D eigenvalue weighted by Crippen LogP contribution is -2.14. The van der Waals surface area contributed by atoms with E-state index in [1.807, 2.05) is 18.2 Å². The summed E-state index contributed by atoms with van der Waals surface area (Å²) in [5, 5.41) is 5.86. The summed E-state index contributed by atoms with van der Waals surface area (Å²) >= 11 is 6.26. The second-order valence-corrected chi connectivity index (χ2v) is 7.18. The van der Waals surface area contributed by atoms with Crippen LogP contribution in [0.25, 0.3) is 0 Å². The van der Waals surface area contributed by atoms with Crippen molar-refractivity contribution in [3.63, 3.8) is 0 Å². The number of rotatable bonds is 4. The smallest absolute Gasteiger partial charge is 0.291 e. The molecule has 0 atom stereocenters. The Labute approximate surface area is 167 Å². The van der Waals surface area contributed by atoms with Crippen molar-refractivity contribution in [2.45, 2.75) is 25.7 Å². The van der Waals surface area contributed by atoms with Crippen molar-refractivity contribution >= 4 is 34.8 Å². The van der Waals surface area contributed by atoms with Crippen LogP contribution in [0.4, 0.5) is 11.4 Å². The molecule has 1 aliphatic rings. The molecule has 0 bridgehead atoms. The van der Waals surface area contributed by atoms with Crippen LogP contribution in [-0.4, -0.2) is 11.8 Å². The highest BCUT2D eigenvalue weighted by molar-refractivity contribution is 6.34. The Hall–Kier alpha value is -3.05. The van der Waals surface area contributed by atoms with Crippen LogP contribution in [0.1, 0.15) is 44.9 Å². The zero-order valence-electron chi connectivity index (χ0n) is 15.1. The summed E-state index contributed by atoms with van der Waals surface area (Å²) in [6.45, 7) is 0. The van der Waals surface area contributed by atoms with E-state index in [2.05, 4.69) is 10.6 Å². The van der Waals surface area contributed by atoms with Gasteiger partial charge in [-0.1, -0.05) is 17.7 Å². The number of hydrogen-bond acceptors (Lipinski definition) is 3. The molecule has 0 aliphatic heterocycles. The molecule has 2 N–H and O–H groups in total. The van der Waals surface area contributed by atoms with Gasteiger partial charge in [-0.15, -0.1) is 0 Å². The molecule has 2 aromatic carbocycles. The SMILES string of the molecule is O=C(Nc1ccc(NC(=O)c2ccco2)c(Cl)c1)c1ccc2c(c1)CCCC2. The zero-order valence-corrected chi connectivity index (χ0v) is 15.9. The predicted molar refractivity (Wildman–Crippen MR) is 109 cm³/mol. The highest BCUT2D eigenvalue weighted by Crippen LogP contribution is 2.27. The number of carbonyl (C=O) groups excluding carboxylic acids is 2. The molecule has 1 aromatic heterocycles. The van der Waals surface area contributed by atoms with E-state index in [0.717, 1.165) is 12.8 Å². The van der Waals surface area contributed by atoms with Gasteiger partial charge in [0, 0.05) is 11.3 Å². The lowest BCUT2D eigenvalue weighted by Gasteiger charge is -2.16. The summed E-state index contributed by atoms with van der Waals surface area (Å²) in [5.74, 6) is -0.379. The maximum Gasteiger partial charge on any atom is 0.291 e. The molecule has 0 saturated carbocycles. The predicted octanol–water partition coefficient (Wildman–Crippen LogP) is 5.32. The third-order valence-corrected chi connectivity index (χ3v) is 5.14. The summed E-state index contributed by atoms with van der Waals surface area (Å²) in [7, 11) is 0. The van der Waals surface area contributed by atoms with Crippen LogP contribution in [0, 0.1) is 0 Å². The fourth-order valence-electron chi connectivity index (χ4n) is 3.36. The van der Waals surface area contributed by atoms with E-state index in [9.17, 15) is 9.59 Å². The van der Waals surface area contributed by atoms with E-state index in [-0.39, 0.29) is 11.7 Å². The van der Waals surface area contributed by atoms with Crippen LogP contribution < -0.4 is 10.6 Å².